The average Bonchev–Trinajstić information content (AvgIpc) is 2.95. The van der Waals surface area contributed by atoms with Crippen molar-refractivity contribution >= 4 is 29.0 Å². The number of ketones is 1. The fourth-order valence-corrected chi connectivity index (χ4v) is 4.98. The molecular formula is C30H36ClN5O3. The van der Waals surface area contributed by atoms with Crippen LogP contribution in [-0.4, -0.2) is 84.9 Å². The zero-order valence-corrected chi connectivity index (χ0v) is 23.9. The molecule has 4 rings (SSSR count). The van der Waals surface area contributed by atoms with E-state index in [1.807, 2.05) is 32.0 Å². The van der Waals surface area contributed by atoms with E-state index in [1.165, 1.54) is 4.90 Å². The van der Waals surface area contributed by atoms with Crippen LogP contribution in [0.15, 0.2) is 48.7 Å². The van der Waals surface area contributed by atoms with Crippen molar-refractivity contribution in [2.45, 2.75) is 26.7 Å². The Kier molecular flexibility index (Phi) is 9.54. The number of hydrogen-bond donors (Lipinski definition) is 0. The number of amides is 1. The Morgan fingerprint density at radius 2 is 1.74 bits per heavy atom. The normalized spacial score (nSPS) is 13.8. The fourth-order valence-electron chi connectivity index (χ4n) is 4.82. The van der Waals surface area contributed by atoms with Crippen molar-refractivity contribution in [3.8, 4) is 5.75 Å². The van der Waals surface area contributed by atoms with Gasteiger partial charge >= 0.3 is 0 Å². The van der Waals surface area contributed by atoms with Gasteiger partial charge in [-0.05, 0) is 44.2 Å². The molecular weight excluding hydrogens is 514 g/mol. The zero-order chi connectivity index (χ0) is 27.9. The summed E-state index contributed by atoms with van der Waals surface area (Å²) in [5.74, 6) is 0.423. The summed E-state index contributed by atoms with van der Waals surface area (Å²) in [7, 11) is 3.83. The first-order valence-corrected chi connectivity index (χ1v) is 13.7. The molecule has 0 saturated carbocycles. The van der Waals surface area contributed by atoms with Crippen LogP contribution in [0.4, 0.5) is 5.69 Å². The SMILES string of the molecule is CCN(CC)C(=O)C(=O)c1ccccc1Cc1nc(Cc2ccc(N3CCN(C)CC3)c(OC)c2)ncc1Cl. The summed E-state index contributed by atoms with van der Waals surface area (Å²) >= 11 is 6.49. The number of benzene rings is 2. The number of hydrogen-bond acceptors (Lipinski definition) is 7. The number of halogens is 1. The van der Waals surface area contributed by atoms with Gasteiger partial charge in [-0.25, -0.2) is 9.97 Å². The number of likely N-dealkylation sites (N-methyl/N-ethyl adjacent to an activating group) is 2. The molecule has 0 atom stereocenters. The topological polar surface area (TPSA) is 78.9 Å². The first-order valence-electron chi connectivity index (χ1n) is 13.4. The van der Waals surface area contributed by atoms with Crippen LogP contribution in [0.3, 0.4) is 0 Å². The number of carbonyl (C=O) groups is 2. The number of Topliss-reactive ketones (excluding diaryl/α,β-unsaturated/α-hetero) is 1. The van der Waals surface area contributed by atoms with Gasteiger partial charge in [0.1, 0.15) is 11.6 Å². The maximum Gasteiger partial charge on any atom is 0.294 e. The highest BCUT2D eigenvalue weighted by Gasteiger charge is 2.24. The summed E-state index contributed by atoms with van der Waals surface area (Å²) in [5, 5.41) is 0.416. The molecule has 206 valence electrons. The standard InChI is InChI=1S/C30H36ClN5O3/c1-5-35(6-2)30(38)29(37)23-10-8-7-9-22(23)19-25-24(31)20-32-28(33-25)18-21-11-12-26(27(17-21)39-4)36-15-13-34(3)14-16-36/h7-12,17,20H,5-6,13-16,18-19H2,1-4H3. The molecule has 0 spiro atoms. The Morgan fingerprint density at radius 1 is 1.03 bits per heavy atom. The van der Waals surface area contributed by atoms with Crippen molar-refractivity contribution in [3.05, 3.63) is 81.9 Å². The largest absolute Gasteiger partial charge is 0.495 e. The summed E-state index contributed by atoms with van der Waals surface area (Å²) in [4.78, 5) is 41.2. The van der Waals surface area contributed by atoms with Gasteiger partial charge in [-0.3, -0.25) is 9.59 Å². The fraction of sp³-hybridized carbons (Fsp3) is 0.400. The maximum atomic E-state index is 13.1. The van der Waals surface area contributed by atoms with Crippen molar-refractivity contribution in [3.63, 3.8) is 0 Å². The molecule has 1 aliphatic rings. The van der Waals surface area contributed by atoms with Gasteiger partial charge in [-0.15, -0.1) is 0 Å². The van der Waals surface area contributed by atoms with Crippen LogP contribution in [0.25, 0.3) is 0 Å². The highest BCUT2D eigenvalue weighted by Crippen LogP contribution is 2.31. The lowest BCUT2D eigenvalue weighted by atomic mass is 9.98. The molecule has 0 N–H and O–H groups in total. The quantitative estimate of drug-likeness (QED) is 0.278. The Hall–Kier alpha value is -3.49. The van der Waals surface area contributed by atoms with E-state index < -0.39 is 11.7 Å². The Labute approximate surface area is 235 Å². The maximum absolute atomic E-state index is 13.1. The molecule has 0 unspecified atom stereocenters. The molecule has 0 aliphatic carbocycles. The molecule has 1 aliphatic heterocycles. The van der Waals surface area contributed by atoms with Crippen LogP contribution in [0, 0.1) is 0 Å². The van der Waals surface area contributed by atoms with Gasteiger partial charge in [-0.2, -0.15) is 0 Å². The van der Waals surface area contributed by atoms with Crippen LogP contribution in [-0.2, 0) is 17.6 Å². The lowest BCUT2D eigenvalue weighted by Crippen LogP contribution is -2.44. The third kappa shape index (κ3) is 6.75. The van der Waals surface area contributed by atoms with Gasteiger partial charge in [0.2, 0.25) is 0 Å². The third-order valence-corrected chi connectivity index (χ3v) is 7.50. The number of methoxy groups -OCH3 is 1. The Morgan fingerprint density at radius 3 is 2.44 bits per heavy atom. The first-order chi connectivity index (χ1) is 18.8. The van der Waals surface area contributed by atoms with E-state index in [0.717, 1.165) is 43.2 Å². The van der Waals surface area contributed by atoms with Crippen LogP contribution < -0.4 is 9.64 Å². The second kappa shape index (κ2) is 13.0. The van der Waals surface area contributed by atoms with E-state index >= 15 is 0 Å². The number of aromatic nitrogens is 2. The highest BCUT2D eigenvalue weighted by molar-refractivity contribution is 6.43. The van der Waals surface area contributed by atoms with E-state index in [9.17, 15) is 9.59 Å². The summed E-state index contributed by atoms with van der Waals surface area (Å²) in [6.45, 7) is 8.63. The molecule has 1 aromatic heterocycles. The zero-order valence-electron chi connectivity index (χ0n) is 23.1. The van der Waals surface area contributed by atoms with E-state index in [4.69, 9.17) is 21.3 Å². The molecule has 2 aromatic carbocycles. The van der Waals surface area contributed by atoms with Gasteiger partial charge in [0.25, 0.3) is 11.7 Å². The minimum atomic E-state index is -0.521. The van der Waals surface area contributed by atoms with Crippen molar-refractivity contribution in [1.29, 1.82) is 0 Å². The second-order valence-electron chi connectivity index (χ2n) is 9.69. The van der Waals surface area contributed by atoms with E-state index in [0.29, 0.717) is 53.6 Å². The molecule has 1 amide bonds. The molecule has 2 heterocycles. The summed E-state index contributed by atoms with van der Waals surface area (Å²) in [6.07, 6.45) is 2.42. The number of piperazine rings is 1. The minimum absolute atomic E-state index is 0.313. The number of ether oxygens (including phenoxy) is 1. The Bertz CT molecular complexity index is 1320. The van der Waals surface area contributed by atoms with Crippen LogP contribution in [0.2, 0.25) is 5.02 Å². The van der Waals surface area contributed by atoms with Gasteiger partial charge in [-0.1, -0.05) is 41.9 Å². The number of carbonyl (C=O) groups excluding carboxylic acids is 2. The predicted octanol–water partition coefficient (Wildman–Crippen LogP) is 4.12. The lowest BCUT2D eigenvalue weighted by Gasteiger charge is -2.34. The average molecular weight is 550 g/mol. The van der Waals surface area contributed by atoms with Crippen molar-refractivity contribution in [2.24, 2.45) is 0 Å². The lowest BCUT2D eigenvalue weighted by molar-refractivity contribution is -0.126. The molecule has 0 radical (unpaired) electrons. The van der Waals surface area contributed by atoms with Crippen LogP contribution in [0.1, 0.15) is 46.9 Å². The van der Waals surface area contributed by atoms with Crippen molar-refractivity contribution in [2.75, 3.05) is 58.3 Å². The molecule has 0 bridgehead atoms. The first kappa shape index (κ1) is 28.5. The highest BCUT2D eigenvalue weighted by atomic mass is 35.5. The number of anilines is 1. The van der Waals surface area contributed by atoms with Crippen LogP contribution in [0.5, 0.6) is 5.75 Å². The number of rotatable bonds is 10. The molecule has 8 nitrogen and oxygen atoms in total. The van der Waals surface area contributed by atoms with E-state index in [1.54, 1.807) is 25.4 Å². The number of nitrogens with zero attached hydrogens (tertiary/aromatic N) is 5. The predicted molar refractivity (Wildman–Crippen MR) is 154 cm³/mol. The van der Waals surface area contributed by atoms with Gasteiger partial charge < -0.3 is 19.4 Å². The van der Waals surface area contributed by atoms with E-state index in [2.05, 4.69) is 34.0 Å². The third-order valence-electron chi connectivity index (χ3n) is 7.18. The van der Waals surface area contributed by atoms with Crippen molar-refractivity contribution < 1.29 is 14.3 Å². The van der Waals surface area contributed by atoms with Crippen molar-refractivity contribution in [1.82, 2.24) is 19.8 Å². The molecule has 9 heteroatoms. The van der Waals surface area contributed by atoms with Gasteiger partial charge in [0.15, 0.2) is 0 Å². The molecule has 39 heavy (non-hydrogen) atoms. The molecule has 1 fully saturated rings. The molecule has 1 saturated heterocycles. The van der Waals surface area contributed by atoms with Gasteiger partial charge in [0.05, 0.1) is 23.5 Å². The smallest absolute Gasteiger partial charge is 0.294 e. The van der Waals surface area contributed by atoms with Gasteiger partial charge in [0, 0.05) is 63.9 Å². The second-order valence-corrected chi connectivity index (χ2v) is 10.1. The summed E-state index contributed by atoms with van der Waals surface area (Å²) in [6, 6.07) is 13.4. The van der Waals surface area contributed by atoms with E-state index in [-0.39, 0.29) is 0 Å². The van der Waals surface area contributed by atoms with Crippen LogP contribution >= 0.6 is 11.6 Å². The summed E-state index contributed by atoms with van der Waals surface area (Å²) < 4.78 is 5.73. The Balaban J connectivity index is 1.54. The monoisotopic (exact) mass is 549 g/mol. The minimum Gasteiger partial charge on any atom is -0.495 e. The molecule has 3 aromatic rings. The summed E-state index contributed by atoms with van der Waals surface area (Å²) in [5.41, 5.74) is 3.80.